The zero-order chi connectivity index (χ0) is 16.4. The Hall–Kier alpha value is -1.92. The molecule has 1 fully saturated rings. The van der Waals surface area contributed by atoms with E-state index in [1.165, 1.54) is 10.4 Å². The van der Waals surface area contributed by atoms with Gasteiger partial charge in [-0.2, -0.15) is 4.31 Å². The lowest BCUT2D eigenvalue weighted by Gasteiger charge is -2.29. The van der Waals surface area contributed by atoms with E-state index in [9.17, 15) is 13.5 Å². The predicted octanol–water partition coefficient (Wildman–Crippen LogP) is 2.87. The summed E-state index contributed by atoms with van der Waals surface area (Å²) in [6, 6.07) is 11.6. The average Bonchev–Trinajstić information content (AvgIpc) is 2.56. The maximum Gasteiger partial charge on any atom is 0.260 e. The van der Waals surface area contributed by atoms with Gasteiger partial charge in [-0.05, 0) is 55.2 Å². The Morgan fingerprint density at radius 2 is 1.74 bits per heavy atom. The van der Waals surface area contributed by atoms with Crippen molar-refractivity contribution >= 4 is 10.0 Å². The van der Waals surface area contributed by atoms with Crippen LogP contribution in [0.15, 0.2) is 47.5 Å². The second kappa shape index (κ2) is 6.29. The van der Waals surface area contributed by atoms with E-state index in [-0.39, 0.29) is 10.8 Å². The summed E-state index contributed by atoms with van der Waals surface area (Å²) < 4.78 is 27.0. The molecule has 2 heterocycles. The van der Waals surface area contributed by atoms with Gasteiger partial charge in [0.25, 0.3) is 10.0 Å². The molecule has 0 aliphatic carbocycles. The van der Waals surface area contributed by atoms with Gasteiger partial charge in [0.1, 0.15) is 5.75 Å². The van der Waals surface area contributed by atoms with Crippen LogP contribution in [0.3, 0.4) is 0 Å². The maximum atomic E-state index is 12.8. The Balaban J connectivity index is 1.91. The number of phenols is 1. The van der Waals surface area contributed by atoms with Gasteiger partial charge in [-0.15, -0.1) is 0 Å². The Labute approximate surface area is 136 Å². The molecule has 2 aromatic rings. The van der Waals surface area contributed by atoms with Crippen molar-refractivity contribution in [1.29, 1.82) is 0 Å². The summed E-state index contributed by atoms with van der Waals surface area (Å²) in [7, 11) is -3.55. The summed E-state index contributed by atoms with van der Waals surface area (Å²) in [4.78, 5) is 4.33. The first-order chi connectivity index (χ1) is 11.0. The first kappa shape index (κ1) is 16.0. The van der Waals surface area contributed by atoms with E-state index in [0.717, 1.165) is 18.4 Å². The van der Waals surface area contributed by atoms with E-state index in [0.29, 0.717) is 24.7 Å². The zero-order valence-corrected chi connectivity index (χ0v) is 13.8. The Morgan fingerprint density at radius 3 is 2.39 bits per heavy atom. The predicted molar refractivity (Wildman–Crippen MR) is 88.5 cm³/mol. The van der Waals surface area contributed by atoms with Gasteiger partial charge in [-0.1, -0.05) is 13.0 Å². The molecule has 0 atom stereocenters. The quantitative estimate of drug-likeness (QED) is 0.938. The standard InChI is InChI=1S/C17H20N2O3S/c1-13-9-11-19(12-10-13)23(21,22)17-4-2-3-16(18-17)14-5-7-15(20)8-6-14/h2-8,13,20H,9-12H2,1H3. The molecule has 0 bridgehead atoms. The van der Waals surface area contributed by atoms with Crippen LogP contribution in [0.25, 0.3) is 11.3 Å². The van der Waals surface area contributed by atoms with Gasteiger partial charge in [0.05, 0.1) is 5.69 Å². The van der Waals surface area contributed by atoms with Crippen molar-refractivity contribution in [2.75, 3.05) is 13.1 Å². The Bertz CT molecular complexity index is 780. The normalized spacial score (nSPS) is 17.3. The molecule has 0 saturated carbocycles. The fourth-order valence-corrected chi connectivity index (χ4v) is 4.13. The topological polar surface area (TPSA) is 70.5 Å². The zero-order valence-electron chi connectivity index (χ0n) is 13.0. The molecule has 122 valence electrons. The van der Waals surface area contributed by atoms with Crippen LogP contribution in [0.1, 0.15) is 19.8 Å². The van der Waals surface area contributed by atoms with E-state index in [1.54, 1.807) is 36.4 Å². The number of pyridine rings is 1. The van der Waals surface area contributed by atoms with Crippen LogP contribution in [0.4, 0.5) is 0 Å². The van der Waals surface area contributed by atoms with E-state index in [4.69, 9.17) is 0 Å². The largest absolute Gasteiger partial charge is 0.508 e. The van der Waals surface area contributed by atoms with Crippen LogP contribution in [-0.4, -0.2) is 35.9 Å². The highest BCUT2D eigenvalue weighted by atomic mass is 32.2. The van der Waals surface area contributed by atoms with Crippen molar-refractivity contribution in [3.8, 4) is 17.0 Å². The second-order valence-corrected chi connectivity index (χ2v) is 7.88. The molecule has 5 nitrogen and oxygen atoms in total. The highest BCUT2D eigenvalue weighted by molar-refractivity contribution is 7.89. The van der Waals surface area contributed by atoms with Gasteiger partial charge >= 0.3 is 0 Å². The highest BCUT2D eigenvalue weighted by Gasteiger charge is 2.29. The third-order valence-electron chi connectivity index (χ3n) is 4.23. The highest BCUT2D eigenvalue weighted by Crippen LogP contribution is 2.25. The average molecular weight is 332 g/mol. The molecule has 0 amide bonds. The van der Waals surface area contributed by atoms with Crippen molar-refractivity contribution in [2.45, 2.75) is 24.8 Å². The molecular formula is C17H20N2O3S. The molecule has 3 rings (SSSR count). The Kier molecular flexibility index (Phi) is 4.37. The molecule has 0 unspecified atom stereocenters. The second-order valence-electron chi connectivity index (χ2n) is 5.99. The third kappa shape index (κ3) is 3.38. The van der Waals surface area contributed by atoms with Gasteiger partial charge < -0.3 is 5.11 Å². The number of phenolic OH excluding ortho intramolecular Hbond substituents is 1. The summed E-state index contributed by atoms with van der Waals surface area (Å²) in [6.45, 7) is 3.25. The molecule has 1 aromatic heterocycles. The van der Waals surface area contributed by atoms with E-state index < -0.39 is 10.0 Å². The molecule has 1 N–H and O–H groups in total. The van der Waals surface area contributed by atoms with Crippen LogP contribution < -0.4 is 0 Å². The lowest BCUT2D eigenvalue weighted by molar-refractivity contribution is 0.287. The van der Waals surface area contributed by atoms with Crippen LogP contribution >= 0.6 is 0 Å². The minimum atomic E-state index is -3.55. The maximum absolute atomic E-state index is 12.8. The van der Waals surface area contributed by atoms with Gasteiger partial charge in [0.15, 0.2) is 5.03 Å². The number of nitrogens with zero attached hydrogens (tertiary/aromatic N) is 2. The monoisotopic (exact) mass is 332 g/mol. The van der Waals surface area contributed by atoms with Crippen molar-refractivity contribution < 1.29 is 13.5 Å². The molecular weight excluding hydrogens is 312 g/mol. The van der Waals surface area contributed by atoms with Crippen LogP contribution in [0, 0.1) is 5.92 Å². The number of aromatic hydroxyl groups is 1. The number of hydrogen-bond donors (Lipinski definition) is 1. The van der Waals surface area contributed by atoms with Crippen molar-refractivity contribution in [3.63, 3.8) is 0 Å². The lowest BCUT2D eigenvalue weighted by Crippen LogP contribution is -2.38. The minimum absolute atomic E-state index is 0.0811. The summed E-state index contributed by atoms with van der Waals surface area (Å²) in [6.07, 6.45) is 1.77. The molecule has 1 aliphatic rings. The number of piperidine rings is 1. The van der Waals surface area contributed by atoms with Gasteiger partial charge in [0.2, 0.25) is 0 Å². The van der Waals surface area contributed by atoms with Gasteiger partial charge in [0, 0.05) is 18.7 Å². The SMILES string of the molecule is CC1CCN(S(=O)(=O)c2cccc(-c3ccc(O)cc3)n2)CC1. The van der Waals surface area contributed by atoms with Crippen LogP contribution in [0.5, 0.6) is 5.75 Å². The van der Waals surface area contributed by atoms with E-state index in [1.807, 2.05) is 0 Å². The number of hydrogen-bond acceptors (Lipinski definition) is 4. The third-order valence-corrected chi connectivity index (χ3v) is 6.03. The van der Waals surface area contributed by atoms with Crippen molar-refractivity contribution in [3.05, 3.63) is 42.5 Å². The molecule has 1 aromatic carbocycles. The summed E-state index contributed by atoms with van der Waals surface area (Å²) in [5.74, 6) is 0.734. The summed E-state index contributed by atoms with van der Waals surface area (Å²) in [5, 5.41) is 9.44. The molecule has 0 spiro atoms. The van der Waals surface area contributed by atoms with Crippen LogP contribution in [0.2, 0.25) is 0 Å². The number of sulfonamides is 1. The fraction of sp³-hybridized carbons (Fsp3) is 0.353. The molecule has 23 heavy (non-hydrogen) atoms. The number of benzene rings is 1. The van der Waals surface area contributed by atoms with E-state index >= 15 is 0 Å². The first-order valence-corrected chi connectivity index (χ1v) is 9.17. The van der Waals surface area contributed by atoms with Crippen molar-refractivity contribution in [2.24, 2.45) is 5.92 Å². The first-order valence-electron chi connectivity index (χ1n) is 7.73. The van der Waals surface area contributed by atoms with Crippen LogP contribution in [-0.2, 0) is 10.0 Å². The molecule has 1 saturated heterocycles. The lowest BCUT2D eigenvalue weighted by atomic mass is 10.0. The smallest absolute Gasteiger partial charge is 0.260 e. The van der Waals surface area contributed by atoms with Gasteiger partial charge in [-0.3, -0.25) is 0 Å². The molecule has 6 heteroatoms. The Morgan fingerprint density at radius 1 is 1.09 bits per heavy atom. The minimum Gasteiger partial charge on any atom is -0.508 e. The molecule has 0 radical (unpaired) electrons. The summed E-state index contributed by atoms with van der Waals surface area (Å²) >= 11 is 0. The van der Waals surface area contributed by atoms with Crippen molar-refractivity contribution in [1.82, 2.24) is 9.29 Å². The number of aromatic nitrogens is 1. The van der Waals surface area contributed by atoms with Gasteiger partial charge in [-0.25, -0.2) is 13.4 Å². The molecule has 1 aliphatic heterocycles. The number of rotatable bonds is 3. The fourth-order valence-electron chi connectivity index (χ4n) is 2.71. The summed E-state index contributed by atoms with van der Waals surface area (Å²) in [5.41, 5.74) is 1.35. The van der Waals surface area contributed by atoms with E-state index in [2.05, 4.69) is 11.9 Å².